The summed E-state index contributed by atoms with van der Waals surface area (Å²) >= 11 is 0. The molecule has 0 aromatic heterocycles. The summed E-state index contributed by atoms with van der Waals surface area (Å²) in [4.78, 5) is 0. The Morgan fingerprint density at radius 1 is 1.17 bits per heavy atom. The van der Waals surface area contributed by atoms with Crippen molar-refractivity contribution in [2.24, 2.45) is 0 Å². The Bertz CT molecular complexity index is 216. The number of hydrogen-bond acceptors (Lipinski definition) is 1. The van der Waals surface area contributed by atoms with E-state index in [1.807, 2.05) is 30.3 Å². The molecule has 3 heteroatoms. The summed E-state index contributed by atoms with van der Waals surface area (Å²) in [5.41, 5.74) is 1.09. The van der Waals surface area contributed by atoms with Gasteiger partial charge in [-0.05, 0) is 0 Å². The maximum absolute atomic E-state index is 11.2. The Kier molecular flexibility index (Phi) is 3.89. The average molecular weight is 169 g/mol. The lowest BCUT2D eigenvalue weighted by atomic mass is 10.2. The first-order valence-corrected chi connectivity index (χ1v) is 3.66. The van der Waals surface area contributed by atoms with Crippen molar-refractivity contribution in [3.05, 3.63) is 41.1 Å². The first-order valence-electron chi connectivity index (χ1n) is 3.66. The molecule has 0 saturated carbocycles. The predicted octanol–water partition coefficient (Wildman–Crippen LogP) is 0.936. The van der Waals surface area contributed by atoms with Crippen LogP contribution in [0.5, 0.6) is 0 Å². The molecule has 68 valence electrons. The van der Waals surface area contributed by atoms with Crippen LogP contribution in [0.2, 0.25) is 0 Å². The number of nitrogens with zero attached hydrogens (tertiary/aromatic N) is 1. The second-order valence-corrected chi connectivity index (χ2v) is 3.22. The zero-order valence-electron chi connectivity index (χ0n) is 7.45. The zero-order valence-corrected chi connectivity index (χ0v) is 7.45. The molecule has 0 radical (unpaired) electrons. The number of rotatable bonds is 2. The Labute approximate surface area is 72.7 Å². The first kappa shape index (κ1) is 11.1. The lowest BCUT2D eigenvalue weighted by molar-refractivity contribution is -0.853. The molecule has 12 heavy (non-hydrogen) atoms. The zero-order chi connectivity index (χ0) is 8.32. The van der Waals surface area contributed by atoms with Crippen LogP contribution in [0, 0.1) is 5.21 Å². The predicted molar refractivity (Wildman–Crippen MR) is 49.2 cm³/mol. The fourth-order valence-electron chi connectivity index (χ4n) is 1.02. The smallest absolute Gasteiger partial charge is 0.104 e. The molecule has 1 aromatic rings. The quantitative estimate of drug-likeness (QED) is 0.480. The third kappa shape index (κ3) is 4.08. The van der Waals surface area contributed by atoms with E-state index in [9.17, 15) is 5.21 Å². The molecule has 0 heterocycles. The maximum atomic E-state index is 11.2. The molecule has 0 spiro atoms. The highest BCUT2D eigenvalue weighted by Crippen LogP contribution is 2.05. The number of quaternary nitrogens is 1. The summed E-state index contributed by atoms with van der Waals surface area (Å²) in [5.74, 6) is 0. The Morgan fingerprint density at radius 3 is 2.08 bits per heavy atom. The summed E-state index contributed by atoms with van der Waals surface area (Å²) in [6, 6.07) is 9.79. The summed E-state index contributed by atoms with van der Waals surface area (Å²) < 4.78 is -0.260. The van der Waals surface area contributed by atoms with E-state index >= 15 is 0 Å². The molecule has 0 aliphatic rings. The van der Waals surface area contributed by atoms with Crippen molar-refractivity contribution in [3.63, 3.8) is 0 Å². The van der Waals surface area contributed by atoms with Gasteiger partial charge in [0, 0.05) is 5.56 Å². The van der Waals surface area contributed by atoms with E-state index in [0.29, 0.717) is 6.54 Å². The fourth-order valence-corrected chi connectivity index (χ4v) is 1.02. The lowest BCUT2D eigenvalue weighted by Gasteiger charge is -2.33. The minimum Gasteiger partial charge on any atom is -0.633 e. The minimum absolute atomic E-state index is 0. The van der Waals surface area contributed by atoms with E-state index < -0.39 is 0 Å². The molecule has 0 atom stereocenters. The molecule has 0 aliphatic carbocycles. The van der Waals surface area contributed by atoms with Gasteiger partial charge in [-0.25, -0.2) is 0 Å². The highest BCUT2D eigenvalue weighted by molar-refractivity contribution is 5.13. The van der Waals surface area contributed by atoms with Gasteiger partial charge in [-0.1, -0.05) is 30.3 Å². The van der Waals surface area contributed by atoms with Crippen LogP contribution in [-0.4, -0.2) is 24.2 Å². The molecule has 0 unspecified atom stereocenters. The van der Waals surface area contributed by atoms with E-state index in [1.165, 1.54) is 0 Å². The van der Waals surface area contributed by atoms with Gasteiger partial charge in [-0.15, -0.1) is 0 Å². The monoisotopic (exact) mass is 169 g/mol. The van der Waals surface area contributed by atoms with Crippen LogP contribution >= 0.6 is 0 Å². The van der Waals surface area contributed by atoms with E-state index in [1.54, 1.807) is 14.1 Å². The molecule has 0 saturated heterocycles. The molecule has 2 N–H and O–H groups in total. The normalized spacial score (nSPS) is 10.6. The van der Waals surface area contributed by atoms with Crippen molar-refractivity contribution in [2.45, 2.75) is 6.54 Å². The Morgan fingerprint density at radius 2 is 1.67 bits per heavy atom. The standard InChI is InChI=1S/C9H13NO.H2O/c1-10(2,11)8-9-6-4-3-5-7-9;/h3-7H,8H2,1-2H3;1H2. The fraction of sp³-hybridized carbons (Fsp3) is 0.333. The van der Waals surface area contributed by atoms with Gasteiger partial charge in [0.2, 0.25) is 0 Å². The third-order valence-corrected chi connectivity index (χ3v) is 1.41. The molecular formula is C9H15NO2. The maximum Gasteiger partial charge on any atom is 0.104 e. The van der Waals surface area contributed by atoms with Crippen LogP contribution in [0.15, 0.2) is 30.3 Å². The highest BCUT2D eigenvalue weighted by Gasteiger charge is 2.01. The van der Waals surface area contributed by atoms with Crippen LogP contribution in [0.4, 0.5) is 0 Å². The van der Waals surface area contributed by atoms with E-state index in [0.717, 1.165) is 5.56 Å². The first-order chi connectivity index (χ1) is 5.08. The van der Waals surface area contributed by atoms with Crippen LogP contribution in [-0.2, 0) is 6.54 Å². The molecule has 1 rings (SSSR count). The van der Waals surface area contributed by atoms with Gasteiger partial charge in [0.05, 0.1) is 14.1 Å². The number of hydroxylamine groups is 3. The summed E-state index contributed by atoms with van der Waals surface area (Å²) in [6.07, 6.45) is 0. The molecule has 3 nitrogen and oxygen atoms in total. The van der Waals surface area contributed by atoms with Gasteiger partial charge in [-0.2, -0.15) is 0 Å². The van der Waals surface area contributed by atoms with Gasteiger partial charge in [0.15, 0.2) is 0 Å². The number of hydrogen-bond donors (Lipinski definition) is 0. The summed E-state index contributed by atoms with van der Waals surface area (Å²) in [6.45, 7) is 0.542. The summed E-state index contributed by atoms with van der Waals surface area (Å²) in [7, 11) is 3.29. The topological polar surface area (TPSA) is 54.6 Å². The molecule has 1 aromatic carbocycles. The van der Waals surface area contributed by atoms with Crippen LogP contribution in [0.25, 0.3) is 0 Å². The summed E-state index contributed by atoms with van der Waals surface area (Å²) in [5, 5.41) is 11.2. The van der Waals surface area contributed by atoms with Crippen LogP contribution in [0.3, 0.4) is 0 Å². The highest BCUT2D eigenvalue weighted by atomic mass is 16.5. The molecular weight excluding hydrogens is 154 g/mol. The second-order valence-electron chi connectivity index (χ2n) is 3.22. The van der Waals surface area contributed by atoms with Crippen molar-refractivity contribution >= 4 is 0 Å². The molecule has 0 amide bonds. The lowest BCUT2D eigenvalue weighted by Crippen LogP contribution is -2.30. The van der Waals surface area contributed by atoms with Gasteiger partial charge >= 0.3 is 0 Å². The van der Waals surface area contributed by atoms with Crippen molar-refractivity contribution in [3.8, 4) is 0 Å². The largest absolute Gasteiger partial charge is 0.633 e. The van der Waals surface area contributed by atoms with E-state index in [-0.39, 0.29) is 10.1 Å². The van der Waals surface area contributed by atoms with E-state index in [2.05, 4.69) is 0 Å². The third-order valence-electron chi connectivity index (χ3n) is 1.41. The van der Waals surface area contributed by atoms with Crippen molar-refractivity contribution in [1.82, 2.24) is 0 Å². The van der Waals surface area contributed by atoms with Crippen LogP contribution in [0.1, 0.15) is 5.56 Å². The van der Waals surface area contributed by atoms with Gasteiger partial charge in [-0.3, -0.25) is 0 Å². The average Bonchev–Trinajstić information content (AvgIpc) is 1.85. The Hall–Kier alpha value is -0.900. The Balaban J connectivity index is 0.00000121. The van der Waals surface area contributed by atoms with Crippen molar-refractivity contribution in [1.29, 1.82) is 0 Å². The van der Waals surface area contributed by atoms with Crippen molar-refractivity contribution < 1.29 is 10.1 Å². The van der Waals surface area contributed by atoms with Gasteiger partial charge < -0.3 is 15.3 Å². The molecule has 0 fully saturated rings. The van der Waals surface area contributed by atoms with Gasteiger partial charge in [0.25, 0.3) is 0 Å². The molecule has 0 bridgehead atoms. The van der Waals surface area contributed by atoms with Crippen molar-refractivity contribution in [2.75, 3.05) is 14.1 Å². The minimum atomic E-state index is -0.260. The molecule has 0 aliphatic heterocycles. The second kappa shape index (κ2) is 4.21. The van der Waals surface area contributed by atoms with Gasteiger partial charge in [0.1, 0.15) is 6.54 Å². The number of benzene rings is 1. The SMILES string of the molecule is C[N+](C)([O-])Cc1ccccc1.O. The van der Waals surface area contributed by atoms with Crippen LogP contribution < -0.4 is 0 Å². The van der Waals surface area contributed by atoms with E-state index in [4.69, 9.17) is 0 Å².